The number of fused-ring (bicyclic) bond motifs is 2. The number of carbonyl (C=O) groups is 1. The molecule has 6 nitrogen and oxygen atoms in total. The quantitative estimate of drug-likeness (QED) is 0.705. The standard InChI is InChI=1S/C19H14N4O2S/c24-17-15(13-8-4-5-9-14(13)21-17)16-18(25)23-11-22(10-20-19(23)26-16)12-6-2-1-3-7-12/h1-9H,10-11H2,(H,21,24). The zero-order valence-corrected chi connectivity index (χ0v) is 14.5. The molecule has 128 valence electrons. The fraction of sp³-hybridized carbons (Fsp3) is 0.105. The highest BCUT2D eigenvalue weighted by atomic mass is 32.1. The summed E-state index contributed by atoms with van der Waals surface area (Å²) in [5, 5.41) is 2.83. The molecule has 2 aliphatic rings. The number of nitrogens with one attached hydrogen (secondary N) is 1. The molecule has 0 saturated heterocycles. The summed E-state index contributed by atoms with van der Waals surface area (Å²) in [6, 6.07) is 17.3. The normalized spacial score (nSPS) is 17.4. The molecule has 5 rings (SSSR count). The van der Waals surface area contributed by atoms with E-state index in [0.29, 0.717) is 28.2 Å². The van der Waals surface area contributed by atoms with Gasteiger partial charge in [-0.1, -0.05) is 47.7 Å². The van der Waals surface area contributed by atoms with Crippen molar-refractivity contribution in [1.82, 2.24) is 4.57 Å². The van der Waals surface area contributed by atoms with Crippen molar-refractivity contribution in [2.75, 3.05) is 16.9 Å². The summed E-state index contributed by atoms with van der Waals surface area (Å²) in [5.74, 6) is -0.234. The summed E-state index contributed by atoms with van der Waals surface area (Å²) in [6.45, 7) is 0.913. The van der Waals surface area contributed by atoms with E-state index in [9.17, 15) is 9.59 Å². The number of benzene rings is 2. The summed E-state index contributed by atoms with van der Waals surface area (Å²) < 4.78 is 2.08. The average molecular weight is 362 g/mol. The summed E-state index contributed by atoms with van der Waals surface area (Å²) in [5.41, 5.74) is 2.80. The van der Waals surface area contributed by atoms with Crippen LogP contribution in [0.15, 0.2) is 64.4 Å². The molecular formula is C19H14N4O2S. The molecule has 3 aromatic rings. The lowest BCUT2D eigenvalue weighted by molar-refractivity contribution is -0.110. The number of hydrogen-bond donors (Lipinski definition) is 1. The van der Waals surface area contributed by atoms with Crippen LogP contribution in [0.2, 0.25) is 0 Å². The Kier molecular flexibility index (Phi) is 3.29. The monoisotopic (exact) mass is 362 g/mol. The second kappa shape index (κ2) is 5.67. The van der Waals surface area contributed by atoms with Gasteiger partial charge in [-0.25, -0.2) is 4.99 Å². The van der Waals surface area contributed by atoms with Gasteiger partial charge >= 0.3 is 0 Å². The SMILES string of the molecule is O=C1Nc2ccccc2C1=c1sc2n(c1=O)CN(c1ccccc1)CN=2. The van der Waals surface area contributed by atoms with Crippen molar-refractivity contribution in [1.29, 1.82) is 0 Å². The highest BCUT2D eigenvalue weighted by molar-refractivity contribution is 7.07. The maximum Gasteiger partial charge on any atom is 0.272 e. The van der Waals surface area contributed by atoms with Crippen LogP contribution in [-0.2, 0) is 11.5 Å². The molecule has 1 amide bonds. The molecule has 0 saturated carbocycles. The number of nitrogens with zero attached hydrogens (tertiary/aromatic N) is 3. The Morgan fingerprint density at radius 3 is 2.62 bits per heavy atom. The Labute approximate surface area is 152 Å². The van der Waals surface area contributed by atoms with E-state index >= 15 is 0 Å². The third kappa shape index (κ3) is 2.21. The van der Waals surface area contributed by atoms with Gasteiger partial charge in [0, 0.05) is 16.9 Å². The number of para-hydroxylation sites is 2. The van der Waals surface area contributed by atoms with Crippen LogP contribution in [0.4, 0.5) is 11.4 Å². The van der Waals surface area contributed by atoms with Crippen molar-refractivity contribution in [3.63, 3.8) is 0 Å². The largest absolute Gasteiger partial charge is 0.334 e. The van der Waals surface area contributed by atoms with Crippen LogP contribution in [0.3, 0.4) is 0 Å². The predicted molar refractivity (Wildman–Crippen MR) is 101 cm³/mol. The molecule has 0 spiro atoms. The van der Waals surface area contributed by atoms with Crippen LogP contribution in [0, 0.1) is 0 Å². The number of thiazole rings is 1. The van der Waals surface area contributed by atoms with Crippen molar-refractivity contribution in [3.05, 3.63) is 79.8 Å². The van der Waals surface area contributed by atoms with Crippen LogP contribution >= 0.6 is 11.3 Å². The van der Waals surface area contributed by atoms with Gasteiger partial charge in [-0.05, 0) is 18.2 Å². The van der Waals surface area contributed by atoms with Gasteiger partial charge in [-0.3, -0.25) is 14.2 Å². The van der Waals surface area contributed by atoms with Gasteiger partial charge in [0.15, 0.2) is 4.80 Å². The molecule has 2 aromatic carbocycles. The van der Waals surface area contributed by atoms with Crippen LogP contribution < -0.4 is 25.1 Å². The summed E-state index contributed by atoms with van der Waals surface area (Å²) in [7, 11) is 0. The number of rotatable bonds is 1. The molecule has 0 radical (unpaired) electrons. The third-order valence-corrected chi connectivity index (χ3v) is 5.69. The van der Waals surface area contributed by atoms with Crippen LogP contribution in [0.25, 0.3) is 5.57 Å². The van der Waals surface area contributed by atoms with E-state index in [1.807, 2.05) is 59.5 Å². The molecule has 7 heteroatoms. The molecule has 0 atom stereocenters. The molecule has 0 unspecified atom stereocenters. The fourth-order valence-corrected chi connectivity index (χ4v) is 4.36. The van der Waals surface area contributed by atoms with E-state index in [-0.39, 0.29) is 11.5 Å². The highest BCUT2D eigenvalue weighted by Gasteiger charge is 2.27. The molecule has 3 heterocycles. The first-order chi connectivity index (χ1) is 12.7. The van der Waals surface area contributed by atoms with Gasteiger partial charge in [0.1, 0.15) is 17.9 Å². The number of carbonyl (C=O) groups excluding carboxylic acids is 1. The number of amides is 1. The van der Waals surface area contributed by atoms with Crippen molar-refractivity contribution < 1.29 is 4.79 Å². The number of anilines is 2. The van der Waals surface area contributed by atoms with Crippen molar-refractivity contribution in [2.45, 2.75) is 6.67 Å². The van der Waals surface area contributed by atoms with Crippen molar-refractivity contribution >= 4 is 34.2 Å². The first-order valence-corrected chi connectivity index (χ1v) is 9.03. The number of hydrogen-bond acceptors (Lipinski definition) is 5. The first kappa shape index (κ1) is 15.1. The molecule has 2 aliphatic heterocycles. The van der Waals surface area contributed by atoms with E-state index in [2.05, 4.69) is 10.3 Å². The molecule has 0 aliphatic carbocycles. The lowest BCUT2D eigenvalue weighted by atomic mass is 10.1. The number of aromatic nitrogens is 1. The average Bonchev–Trinajstić information content (AvgIpc) is 3.18. The molecule has 1 aromatic heterocycles. The van der Waals surface area contributed by atoms with E-state index in [1.54, 1.807) is 4.57 Å². The van der Waals surface area contributed by atoms with Crippen LogP contribution in [-0.4, -0.2) is 17.1 Å². The smallest absolute Gasteiger partial charge is 0.272 e. The topological polar surface area (TPSA) is 66.7 Å². The minimum Gasteiger partial charge on any atom is -0.334 e. The lowest BCUT2D eigenvalue weighted by Crippen LogP contribution is -2.43. The van der Waals surface area contributed by atoms with E-state index in [4.69, 9.17) is 0 Å². The second-order valence-corrected chi connectivity index (χ2v) is 7.12. The molecule has 26 heavy (non-hydrogen) atoms. The van der Waals surface area contributed by atoms with E-state index < -0.39 is 0 Å². The van der Waals surface area contributed by atoms with Crippen molar-refractivity contribution in [3.8, 4) is 0 Å². The third-order valence-electron chi connectivity index (χ3n) is 4.57. The maximum atomic E-state index is 13.0. The molecule has 0 fully saturated rings. The Morgan fingerprint density at radius 1 is 1.00 bits per heavy atom. The molecule has 1 N–H and O–H groups in total. The predicted octanol–water partition coefficient (Wildman–Crippen LogP) is 1.12. The Hall–Kier alpha value is -3.19. The van der Waals surface area contributed by atoms with Gasteiger partial charge in [0.2, 0.25) is 0 Å². The van der Waals surface area contributed by atoms with Gasteiger partial charge in [0.25, 0.3) is 11.5 Å². The summed E-state index contributed by atoms with van der Waals surface area (Å²) in [6.07, 6.45) is 0. The van der Waals surface area contributed by atoms with E-state index in [0.717, 1.165) is 16.9 Å². The Balaban J connectivity index is 1.68. The fourth-order valence-electron chi connectivity index (χ4n) is 3.31. The van der Waals surface area contributed by atoms with Gasteiger partial charge in [-0.2, -0.15) is 0 Å². The zero-order valence-electron chi connectivity index (χ0n) is 13.7. The lowest BCUT2D eigenvalue weighted by Gasteiger charge is -2.25. The van der Waals surface area contributed by atoms with Gasteiger partial charge in [-0.15, -0.1) is 0 Å². The maximum absolute atomic E-state index is 13.0. The van der Waals surface area contributed by atoms with Crippen LogP contribution in [0.5, 0.6) is 0 Å². The molecular weight excluding hydrogens is 348 g/mol. The minimum atomic E-state index is -0.234. The zero-order chi connectivity index (χ0) is 17.7. The molecule has 0 bridgehead atoms. The Morgan fingerprint density at radius 2 is 1.77 bits per heavy atom. The van der Waals surface area contributed by atoms with E-state index in [1.165, 1.54) is 11.3 Å². The summed E-state index contributed by atoms with van der Waals surface area (Å²) in [4.78, 5) is 32.7. The van der Waals surface area contributed by atoms with Gasteiger partial charge < -0.3 is 10.2 Å². The summed E-state index contributed by atoms with van der Waals surface area (Å²) >= 11 is 1.28. The van der Waals surface area contributed by atoms with Crippen LogP contribution in [0.1, 0.15) is 5.56 Å². The highest BCUT2D eigenvalue weighted by Crippen LogP contribution is 2.29. The van der Waals surface area contributed by atoms with Gasteiger partial charge in [0.05, 0.1) is 5.57 Å². The van der Waals surface area contributed by atoms with Crippen molar-refractivity contribution in [2.24, 2.45) is 4.99 Å². The minimum absolute atomic E-state index is 0.170. The second-order valence-electron chi connectivity index (χ2n) is 6.14. The Bertz CT molecular complexity index is 1210. The first-order valence-electron chi connectivity index (χ1n) is 8.21.